The highest BCUT2D eigenvalue weighted by atomic mass is 16.3. The second kappa shape index (κ2) is 5.59. The molecule has 0 bridgehead atoms. The van der Waals surface area contributed by atoms with Gasteiger partial charge in [0.2, 0.25) is 5.91 Å². The molecule has 1 aromatic rings. The summed E-state index contributed by atoms with van der Waals surface area (Å²) < 4.78 is 0. The lowest BCUT2D eigenvalue weighted by molar-refractivity contribution is -0.127. The highest BCUT2D eigenvalue weighted by Gasteiger charge is 2.17. The molecular formula is C13H18N2O2. The van der Waals surface area contributed by atoms with Gasteiger partial charge in [-0.05, 0) is 31.6 Å². The van der Waals surface area contributed by atoms with Gasteiger partial charge in [-0.25, -0.2) is 0 Å². The second-order valence-electron chi connectivity index (χ2n) is 4.63. The lowest BCUT2D eigenvalue weighted by atomic mass is 10.1. The third-order valence-electron chi connectivity index (χ3n) is 2.10. The first-order chi connectivity index (χ1) is 7.88. The van der Waals surface area contributed by atoms with Crippen LogP contribution in [-0.2, 0) is 4.79 Å². The van der Waals surface area contributed by atoms with Crippen LogP contribution >= 0.6 is 0 Å². The molecule has 0 saturated carbocycles. The molecule has 0 atom stereocenters. The van der Waals surface area contributed by atoms with Crippen molar-refractivity contribution in [2.45, 2.75) is 19.4 Å². The Kier molecular flexibility index (Phi) is 4.40. The molecule has 17 heavy (non-hydrogen) atoms. The average molecular weight is 234 g/mol. The van der Waals surface area contributed by atoms with Gasteiger partial charge in [0.25, 0.3) is 0 Å². The number of likely N-dealkylation sites (N-methyl/N-ethyl adjacent to an activating group) is 1. The fourth-order valence-corrected chi connectivity index (χ4v) is 1.43. The molecule has 4 nitrogen and oxygen atoms in total. The molecule has 1 aromatic heterocycles. The van der Waals surface area contributed by atoms with Crippen LogP contribution in [0.3, 0.4) is 0 Å². The summed E-state index contributed by atoms with van der Waals surface area (Å²) >= 11 is 0. The summed E-state index contributed by atoms with van der Waals surface area (Å²) in [4.78, 5) is 17.1. The lowest BCUT2D eigenvalue weighted by Gasteiger charge is -2.24. The fraction of sp³-hybridized carbons (Fsp3) is 0.385. The predicted molar refractivity (Wildman–Crippen MR) is 67.2 cm³/mol. The summed E-state index contributed by atoms with van der Waals surface area (Å²) in [6, 6.07) is 3.68. The number of hydrogen-bond acceptors (Lipinski definition) is 3. The minimum Gasteiger partial charge on any atom is -0.389 e. The summed E-state index contributed by atoms with van der Waals surface area (Å²) in [7, 11) is 1.66. The van der Waals surface area contributed by atoms with Gasteiger partial charge in [-0.3, -0.25) is 9.78 Å². The molecule has 1 amide bonds. The van der Waals surface area contributed by atoms with Crippen molar-refractivity contribution in [2.75, 3.05) is 13.6 Å². The summed E-state index contributed by atoms with van der Waals surface area (Å²) in [6.45, 7) is 3.63. The lowest BCUT2D eigenvalue weighted by Crippen LogP contribution is -2.38. The van der Waals surface area contributed by atoms with Crippen molar-refractivity contribution in [1.29, 1.82) is 0 Å². The number of carbonyl (C=O) groups excluding carboxylic acids is 1. The maximum absolute atomic E-state index is 11.7. The van der Waals surface area contributed by atoms with Gasteiger partial charge >= 0.3 is 0 Å². The number of aromatic nitrogens is 1. The molecule has 0 fully saturated rings. The van der Waals surface area contributed by atoms with E-state index in [4.69, 9.17) is 0 Å². The van der Waals surface area contributed by atoms with Crippen LogP contribution in [0.1, 0.15) is 19.4 Å². The average Bonchev–Trinajstić information content (AvgIpc) is 2.25. The van der Waals surface area contributed by atoms with E-state index < -0.39 is 5.60 Å². The van der Waals surface area contributed by atoms with Crippen LogP contribution in [0.25, 0.3) is 6.08 Å². The molecule has 1 rings (SSSR count). The van der Waals surface area contributed by atoms with Crippen LogP contribution < -0.4 is 0 Å². The molecule has 0 aromatic carbocycles. The van der Waals surface area contributed by atoms with Crippen molar-refractivity contribution in [3.63, 3.8) is 0 Å². The van der Waals surface area contributed by atoms with Crippen LogP contribution in [0.4, 0.5) is 0 Å². The summed E-state index contributed by atoms with van der Waals surface area (Å²) in [5, 5.41) is 9.59. The minimum absolute atomic E-state index is 0.143. The molecule has 4 heteroatoms. The quantitative estimate of drug-likeness (QED) is 0.799. The van der Waals surface area contributed by atoms with Crippen LogP contribution in [0, 0.1) is 0 Å². The van der Waals surface area contributed by atoms with E-state index in [1.165, 1.54) is 11.0 Å². The molecule has 0 aliphatic heterocycles. The molecular weight excluding hydrogens is 216 g/mol. The smallest absolute Gasteiger partial charge is 0.246 e. The second-order valence-corrected chi connectivity index (χ2v) is 4.63. The van der Waals surface area contributed by atoms with Crippen molar-refractivity contribution >= 4 is 12.0 Å². The number of amides is 1. The van der Waals surface area contributed by atoms with E-state index >= 15 is 0 Å². The van der Waals surface area contributed by atoms with Crippen molar-refractivity contribution in [1.82, 2.24) is 9.88 Å². The van der Waals surface area contributed by atoms with Crippen molar-refractivity contribution in [3.8, 4) is 0 Å². The van der Waals surface area contributed by atoms with Crippen molar-refractivity contribution < 1.29 is 9.90 Å². The van der Waals surface area contributed by atoms with E-state index in [0.29, 0.717) is 6.54 Å². The highest BCUT2D eigenvalue weighted by Crippen LogP contribution is 2.05. The molecule has 92 valence electrons. The number of hydrogen-bond donors (Lipinski definition) is 1. The third-order valence-corrected chi connectivity index (χ3v) is 2.10. The largest absolute Gasteiger partial charge is 0.389 e. The molecule has 0 unspecified atom stereocenters. The molecule has 1 N–H and O–H groups in total. The molecule has 0 spiro atoms. The Balaban J connectivity index is 2.58. The van der Waals surface area contributed by atoms with Crippen LogP contribution in [-0.4, -0.2) is 40.1 Å². The summed E-state index contributed by atoms with van der Waals surface area (Å²) in [5.74, 6) is -0.143. The Hall–Kier alpha value is -1.68. The van der Waals surface area contributed by atoms with E-state index in [-0.39, 0.29) is 5.91 Å². The van der Waals surface area contributed by atoms with E-state index in [1.807, 2.05) is 12.1 Å². The molecule has 1 heterocycles. The highest BCUT2D eigenvalue weighted by molar-refractivity contribution is 5.91. The molecule has 0 radical (unpaired) electrons. The number of nitrogens with zero attached hydrogens (tertiary/aromatic N) is 2. The minimum atomic E-state index is -0.882. The van der Waals surface area contributed by atoms with Gasteiger partial charge in [-0.1, -0.05) is 6.07 Å². The standard InChI is InChI=1S/C13H18N2O2/c1-13(2,17)10-15(3)12(16)7-6-11-5-4-8-14-9-11/h4-9,17H,10H2,1-3H3. The van der Waals surface area contributed by atoms with Crippen LogP contribution in [0.5, 0.6) is 0 Å². The Bertz CT molecular complexity index is 394. The zero-order chi connectivity index (χ0) is 12.9. The Morgan fingerprint density at radius 2 is 2.29 bits per heavy atom. The SMILES string of the molecule is CN(CC(C)(C)O)C(=O)C=Cc1cccnc1. The van der Waals surface area contributed by atoms with Crippen LogP contribution in [0.15, 0.2) is 30.6 Å². The first-order valence-corrected chi connectivity index (χ1v) is 5.44. The van der Waals surface area contributed by atoms with Crippen molar-refractivity contribution in [3.05, 3.63) is 36.2 Å². The molecule has 0 aliphatic carbocycles. The predicted octanol–water partition coefficient (Wildman–Crippen LogP) is 1.32. The first-order valence-electron chi connectivity index (χ1n) is 5.44. The van der Waals surface area contributed by atoms with E-state index in [0.717, 1.165) is 5.56 Å². The van der Waals surface area contributed by atoms with Gasteiger partial charge in [-0.15, -0.1) is 0 Å². The van der Waals surface area contributed by atoms with Gasteiger partial charge < -0.3 is 10.0 Å². The zero-order valence-corrected chi connectivity index (χ0v) is 10.4. The summed E-state index contributed by atoms with van der Waals surface area (Å²) in [5.41, 5.74) is -0.00970. The van der Waals surface area contributed by atoms with Gasteiger partial charge in [-0.2, -0.15) is 0 Å². The number of pyridine rings is 1. The van der Waals surface area contributed by atoms with Crippen molar-refractivity contribution in [2.24, 2.45) is 0 Å². The van der Waals surface area contributed by atoms with E-state index in [1.54, 1.807) is 39.4 Å². The fourth-order valence-electron chi connectivity index (χ4n) is 1.43. The number of aliphatic hydroxyl groups is 1. The maximum atomic E-state index is 11.7. The first kappa shape index (κ1) is 13.4. The Morgan fingerprint density at radius 1 is 1.59 bits per heavy atom. The van der Waals surface area contributed by atoms with Gasteiger partial charge in [0.15, 0.2) is 0 Å². The maximum Gasteiger partial charge on any atom is 0.246 e. The van der Waals surface area contributed by atoms with Crippen LogP contribution in [0.2, 0.25) is 0 Å². The monoisotopic (exact) mass is 234 g/mol. The van der Waals surface area contributed by atoms with Gasteiger partial charge in [0.05, 0.1) is 5.60 Å². The summed E-state index contributed by atoms with van der Waals surface area (Å²) in [6.07, 6.45) is 6.54. The number of rotatable bonds is 4. The third kappa shape index (κ3) is 5.26. The van der Waals surface area contributed by atoms with Gasteiger partial charge in [0.1, 0.15) is 0 Å². The van der Waals surface area contributed by atoms with E-state index in [9.17, 15) is 9.90 Å². The number of carbonyl (C=O) groups is 1. The normalized spacial score (nSPS) is 11.8. The molecule has 0 aliphatic rings. The topological polar surface area (TPSA) is 53.4 Å². The van der Waals surface area contributed by atoms with Gasteiger partial charge in [0, 0.05) is 32.1 Å². The Morgan fingerprint density at radius 3 is 2.82 bits per heavy atom. The molecule has 0 saturated heterocycles. The zero-order valence-electron chi connectivity index (χ0n) is 10.4. The Labute approximate surface area is 102 Å². The van der Waals surface area contributed by atoms with E-state index in [2.05, 4.69) is 4.98 Å².